The zero-order chi connectivity index (χ0) is 6.27. The van der Waals surface area contributed by atoms with Gasteiger partial charge in [0.15, 0.2) is 0 Å². The molecule has 0 fully saturated rings. The molecule has 0 saturated carbocycles. The quantitative estimate of drug-likeness (QED) is 0.460. The largest absolute Gasteiger partial charge is 0.362 e. The standard InChI is InChI=1S/C7H7IO/c8-5-3-6-1-2-7(4-5)9-6/h1-3,6-7H,4H2/t6-,7+/m0/s1. The summed E-state index contributed by atoms with van der Waals surface area (Å²) in [5.41, 5.74) is 0. The Kier molecular flexibility index (Phi) is 1.38. The van der Waals surface area contributed by atoms with E-state index in [9.17, 15) is 0 Å². The number of hydrogen-bond donors (Lipinski definition) is 0. The van der Waals surface area contributed by atoms with E-state index in [4.69, 9.17) is 4.74 Å². The molecule has 48 valence electrons. The number of rotatable bonds is 0. The highest BCUT2D eigenvalue weighted by Gasteiger charge is 2.22. The fourth-order valence-electron chi connectivity index (χ4n) is 1.18. The van der Waals surface area contributed by atoms with E-state index in [-0.39, 0.29) is 6.10 Å². The van der Waals surface area contributed by atoms with Crippen LogP contribution < -0.4 is 0 Å². The Morgan fingerprint density at radius 3 is 3.22 bits per heavy atom. The summed E-state index contributed by atoms with van der Waals surface area (Å²) in [7, 11) is 0. The third kappa shape index (κ3) is 1.05. The summed E-state index contributed by atoms with van der Waals surface area (Å²) < 4.78 is 6.90. The molecule has 0 unspecified atom stereocenters. The van der Waals surface area contributed by atoms with Crippen molar-refractivity contribution in [1.29, 1.82) is 0 Å². The summed E-state index contributed by atoms with van der Waals surface area (Å²) in [4.78, 5) is 0. The highest BCUT2D eigenvalue weighted by Crippen LogP contribution is 2.29. The molecular formula is C7H7IO. The number of fused-ring (bicyclic) bond motifs is 2. The van der Waals surface area contributed by atoms with Gasteiger partial charge in [0, 0.05) is 6.42 Å². The summed E-state index contributed by atoms with van der Waals surface area (Å²) in [6.45, 7) is 0. The molecule has 0 saturated heterocycles. The summed E-state index contributed by atoms with van der Waals surface area (Å²) >= 11 is 2.37. The molecular weight excluding hydrogens is 227 g/mol. The van der Waals surface area contributed by atoms with Crippen molar-refractivity contribution in [3.05, 3.63) is 21.8 Å². The van der Waals surface area contributed by atoms with Crippen LogP contribution in [0.4, 0.5) is 0 Å². The number of hydrogen-bond acceptors (Lipinski definition) is 1. The first kappa shape index (κ1) is 5.92. The van der Waals surface area contributed by atoms with Crippen LogP contribution in [0.25, 0.3) is 0 Å². The Labute approximate surface area is 67.9 Å². The maximum atomic E-state index is 5.48. The van der Waals surface area contributed by atoms with Crippen LogP contribution in [0, 0.1) is 0 Å². The Morgan fingerprint density at radius 1 is 1.56 bits per heavy atom. The van der Waals surface area contributed by atoms with Gasteiger partial charge in [-0.25, -0.2) is 0 Å². The number of halogens is 1. The van der Waals surface area contributed by atoms with Gasteiger partial charge in [-0.3, -0.25) is 0 Å². The van der Waals surface area contributed by atoms with Crippen LogP contribution in [0.15, 0.2) is 21.8 Å². The highest BCUT2D eigenvalue weighted by atomic mass is 127. The minimum atomic E-state index is 0.288. The van der Waals surface area contributed by atoms with Gasteiger partial charge in [0.1, 0.15) is 0 Å². The lowest BCUT2D eigenvalue weighted by atomic mass is 10.2. The lowest BCUT2D eigenvalue weighted by Gasteiger charge is -2.16. The topological polar surface area (TPSA) is 9.23 Å². The van der Waals surface area contributed by atoms with Crippen molar-refractivity contribution in [3.63, 3.8) is 0 Å². The summed E-state index contributed by atoms with van der Waals surface area (Å²) in [5.74, 6) is 0. The lowest BCUT2D eigenvalue weighted by molar-refractivity contribution is 0.0795. The van der Waals surface area contributed by atoms with E-state index in [1.54, 1.807) is 0 Å². The average molecular weight is 234 g/mol. The van der Waals surface area contributed by atoms with Crippen molar-refractivity contribution < 1.29 is 4.74 Å². The van der Waals surface area contributed by atoms with E-state index >= 15 is 0 Å². The van der Waals surface area contributed by atoms with Crippen LogP contribution in [0.1, 0.15) is 6.42 Å². The van der Waals surface area contributed by atoms with Gasteiger partial charge in [-0.05, 0) is 32.2 Å². The molecule has 1 nitrogen and oxygen atoms in total. The molecule has 2 heteroatoms. The second-order valence-corrected chi connectivity index (χ2v) is 3.73. The Hall–Kier alpha value is 0.170. The minimum Gasteiger partial charge on any atom is -0.362 e. The molecule has 0 aromatic carbocycles. The first-order valence-corrected chi connectivity index (χ1v) is 4.12. The maximum Gasteiger partial charge on any atom is 0.0956 e. The van der Waals surface area contributed by atoms with Gasteiger partial charge in [-0.1, -0.05) is 12.2 Å². The first-order chi connectivity index (χ1) is 4.34. The third-order valence-corrected chi connectivity index (χ3v) is 2.39. The van der Waals surface area contributed by atoms with E-state index in [0.717, 1.165) is 6.42 Å². The van der Waals surface area contributed by atoms with Crippen molar-refractivity contribution in [1.82, 2.24) is 0 Å². The van der Waals surface area contributed by atoms with Crippen molar-refractivity contribution >= 4 is 22.6 Å². The fraction of sp³-hybridized carbons (Fsp3) is 0.429. The molecule has 2 aliphatic rings. The van der Waals surface area contributed by atoms with E-state index in [2.05, 4.69) is 40.8 Å². The van der Waals surface area contributed by atoms with Gasteiger partial charge in [0.2, 0.25) is 0 Å². The molecule has 2 rings (SSSR count). The zero-order valence-electron chi connectivity index (χ0n) is 4.88. The average Bonchev–Trinajstić information content (AvgIpc) is 2.11. The van der Waals surface area contributed by atoms with E-state index in [1.165, 1.54) is 3.58 Å². The van der Waals surface area contributed by atoms with Crippen LogP contribution in [0.5, 0.6) is 0 Å². The second-order valence-electron chi connectivity index (χ2n) is 2.34. The molecule has 0 radical (unpaired) electrons. The van der Waals surface area contributed by atoms with Crippen LogP contribution in [0.3, 0.4) is 0 Å². The SMILES string of the molecule is IC1=C[C@@H]2C=C[C@H](C1)O2. The molecule has 2 atom stereocenters. The first-order valence-electron chi connectivity index (χ1n) is 3.04. The fourth-order valence-corrected chi connectivity index (χ4v) is 1.96. The normalized spacial score (nSPS) is 39.0. The Morgan fingerprint density at radius 2 is 2.44 bits per heavy atom. The molecule has 2 aliphatic heterocycles. The van der Waals surface area contributed by atoms with Crippen molar-refractivity contribution in [2.24, 2.45) is 0 Å². The highest BCUT2D eigenvalue weighted by molar-refractivity contribution is 14.1. The molecule has 0 aromatic heterocycles. The molecule has 9 heavy (non-hydrogen) atoms. The van der Waals surface area contributed by atoms with E-state index in [1.807, 2.05) is 0 Å². The van der Waals surface area contributed by atoms with Crippen molar-refractivity contribution in [2.45, 2.75) is 18.6 Å². The van der Waals surface area contributed by atoms with Gasteiger partial charge in [0.05, 0.1) is 12.2 Å². The third-order valence-electron chi connectivity index (χ3n) is 1.59. The second kappa shape index (κ2) is 2.09. The van der Waals surface area contributed by atoms with Gasteiger partial charge in [0.25, 0.3) is 0 Å². The van der Waals surface area contributed by atoms with Crippen LogP contribution in [-0.2, 0) is 4.74 Å². The molecule has 0 spiro atoms. The van der Waals surface area contributed by atoms with Crippen molar-refractivity contribution in [3.8, 4) is 0 Å². The Bertz CT molecular complexity index is 183. The van der Waals surface area contributed by atoms with Crippen LogP contribution >= 0.6 is 22.6 Å². The summed E-state index contributed by atoms with van der Waals surface area (Å²) in [5, 5.41) is 0. The van der Waals surface area contributed by atoms with Gasteiger partial charge in [-0.2, -0.15) is 0 Å². The molecule has 0 N–H and O–H groups in total. The maximum absolute atomic E-state index is 5.48. The van der Waals surface area contributed by atoms with E-state index in [0.29, 0.717) is 6.10 Å². The summed E-state index contributed by atoms with van der Waals surface area (Å²) in [6.07, 6.45) is 8.18. The van der Waals surface area contributed by atoms with E-state index < -0.39 is 0 Å². The van der Waals surface area contributed by atoms with Crippen LogP contribution in [0.2, 0.25) is 0 Å². The molecule has 0 aliphatic carbocycles. The van der Waals surface area contributed by atoms with Crippen LogP contribution in [-0.4, -0.2) is 12.2 Å². The van der Waals surface area contributed by atoms with Gasteiger partial charge < -0.3 is 4.74 Å². The van der Waals surface area contributed by atoms with Gasteiger partial charge in [-0.15, -0.1) is 0 Å². The molecule has 0 aromatic rings. The monoisotopic (exact) mass is 234 g/mol. The van der Waals surface area contributed by atoms with Crippen molar-refractivity contribution in [2.75, 3.05) is 0 Å². The zero-order valence-corrected chi connectivity index (χ0v) is 7.04. The minimum absolute atomic E-state index is 0.288. The summed E-state index contributed by atoms with van der Waals surface area (Å²) in [6, 6.07) is 0. The van der Waals surface area contributed by atoms with Gasteiger partial charge >= 0.3 is 0 Å². The number of ether oxygens (including phenoxy) is 1. The molecule has 2 heterocycles. The smallest absolute Gasteiger partial charge is 0.0956 e. The molecule has 2 bridgehead atoms. The predicted octanol–water partition coefficient (Wildman–Crippen LogP) is 2.03. The predicted molar refractivity (Wildman–Crippen MR) is 44.5 cm³/mol. The lowest BCUT2D eigenvalue weighted by Crippen LogP contribution is -2.15. The Balaban J connectivity index is 2.27. The molecule has 0 amide bonds.